The number of benzene rings is 1. The van der Waals surface area contributed by atoms with Crippen molar-refractivity contribution in [2.75, 3.05) is 19.0 Å². The van der Waals surface area contributed by atoms with Gasteiger partial charge in [-0.3, -0.25) is 0 Å². The van der Waals surface area contributed by atoms with Gasteiger partial charge in [-0.25, -0.2) is 4.98 Å². The lowest BCUT2D eigenvalue weighted by Gasteiger charge is -2.22. The number of ether oxygens (including phenoxy) is 2. The maximum Gasteiger partial charge on any atom is 0.227 e. The van der Waals surface area contributed by atoms with Crippen molar-refractivity contribution in [1.29, 1.82) is 0 Å². The molecule has 0 bridgehead atoms. The minimum atomic E-state index is -0.0623. The van der Waals surface area contributed by atoms with Crippen LogP contribution >= 0.6 is 11.8 Å². The number of aromatic nitrogens is 1. The molecule has 1 aliphatic rings. The van der Waals surface area contributed by atoms with Gasteiger partial charge in [0.25, 0.3) is 0 Å². The van der Waals surface area contributed by atoms with Crippen LogP contribution in [0.4, 0.5) is 0 Å². The van der Waals surface area contributed by atoms with E-state index in [-0.39, 0.29) is 6.29 Å². The molecule has 1 fully saturated rings. The first kappa shape index (κ1) is 13.7. The van der Waals surface area contributed by atoms with Crippen LogP contribution in [0, 0.1) is 0 Å². The lowest BCUT2D eigenvalue weighted by Crippen LogP contribution is -2.25. The molecule has 0 aliphatic carbocycles. The van der Waals surface area contributed by atoms with E-state index in [4.69, 9.17) is 13.9 Å². The van der Waals surface area contributed by atoms with Crippen LogP contribution in [0.3, 0.4) is 0 Å². The molecule has 1 aliphatic heterocycles. The first-order valence-corrected chi connectivity index (χ1v) is 7.77. The zero-order valence-corrected chi connectivity index (χ0v) is 12.0. The van der Waals surface area contributed by atoms with Gasteiger partial charge in [0.2, 0.25) is 5.89 Å². The smallest absolute Gasteiger partial charge is 0.227 e. The average molecular weight is 291 g/mol. The molecule has 1 aromatic carbocycles. The van der Waals surface area contributed by atoms with E-state index < -0.39 is 0 Å². The van der Waals surface area contributed by atoms with Crippen molar-refractivity contribution in [1.82, 2.24) is 4.98 Å². The fourth-order valence-corrected chi connectivity index (χ4v) is 2.78. The molecule has 0 amide bonds. The molecular formula is C15H17NO3S. The molecule has 0 spiro atoms. The van der Waals surface area contributed by atoms with Crippen LogP contribution in [0.1, 0.15) is 12.8 Å². The first-order chi connectivity index (χ1) is 9.92. The summed E-state index contributed by atoms with van der Waals surface area (Å²) in [7, 11) is 0. The quantitative estimate of drug-likeness (QED) is 0.788. The lowest BCUT2D eigenvalue weighted by molar-refractivity contribution is -0.178. The molecule has 0 atom stereocenters. The highest BCUT2D eigenvalue weighted by molar-refractivity contribution is 7.99. The predicted molar refractivity (Wildman–Crippen MR) is 77.6 cm³/mol. The van der Waals surface area contributed by atoms with Gasteiger partial charge in [-0.05, 0) is 18.6 Å². The summed E-state index contributed by atoms with van der Waals surface area (Å²) in [5.41, 5.74) is 0.998. The van der Waals surface area contributed by atoms with Gasteiger partial charge in [0.15, 0.2) is 11.4 Å². The summed E-state index contributed by atoms with van der Waals surface area (Å²) in [6, 6.07) is 9.91. The predicted octanol–water partition coefficient (Wildman–Crippen LogP) is 3.59. The molecule has 3 rings (SSSR count). The van der Waals surface area contributed by atoms with Gasteiger partial charge in [-0.2, -0.15) is 0 Å². The largest absolute Gasteiger partial charge is 0.430 e. The van der Waals surface area contributed by atoms with E-state index in [0.29, 0.717) is 5.89 Å². The third kappa shape index (κ3) is 3.62. The van der Waals surface area contributed by atoms with E-state index in [0.717, 1.165) is 42.5 Å². The van der Waals surface area contributed by atoms with E-state index in [2.05, 4.69) is 4.98 Å². The molecule has 0 saturated carbocycles. The van der Waals surface area contributed by atoms with Gasteiger partial charge >= 0.3 is 0 Å². The van der Waals surface area contributed by atoms with Crippen molar-refractivity contribution in [3.8, 4) is 11.5 Å². The topological polar surface area (TPSA) is 44.5 Å². The van der Waals surface area contributed by atoms with Crippen LogP contribution in [0.2, 0.25) is 0 Å². The normalized spacial score (nSPS) is 16.4. The highest BCUT2D eigenvalue weighted by Gasteiger charge is 2.14. The molecule has 2 aromatic rings. The molecule has 0 N–H and O–H groups in total. The van der Waals surface area contributed by atoms with E-state index in [9.17, 15) is 0 Å². The Morgan fingerprint density at radius 1 is 1.15 bits per heavy atom. The first-order valence-electron chi connectivity index (χ1n) is 6.79. The minimum Gasteiger partial charge on any atom is -0.430 e. The second-order valence-electron chi connectivity index (χ2n) is 4.51. The Bertz CT molecular complexity index is 523. The number of hydrogen-bond donors (Lipinski definition) is 0. The summed E-state index contributed by atoms with van der Waals surface area (Å²) >= 11 is 1.64. The third-order valence-corrected chi connectivity index (χ3v) is 3.91. The molecule has 20 heavy (non-hydrogen) atoms. The Kier molecular flexibility index (Phi) is 4.73. The zero-order valence-electron chi connectivity index (χ0n) is 11.2. The van der Waals surface area contributed by atoms with Crippen LogP contribution in [-0.4, -0.2) is 30.2 Å². The van der Waals surface area contributed by atoms with E-state index in [1.807, 2.05) is 30.3 Å². The van der Waals surface area contributed by atoms with Crippen molar-refractivity contribution in [2.45, 2.75) is 24.2 Å². The molecule has 2 heterocycles. The Morgan fingerprint density at radius 3 is 2.75 bits per heavy atom. The molecular weight excluding hydrogens is 274 g/mol. The van der Waals surface area contributed by atoms with Crippen LogP contribution < -0.4 is 0 Å². The fraction of sp³-hybridized carbons (Fsp3) is 0.400. The monoisotopic (exact) mass is 291 g/mol. The number of oxazole rings is 1. The molecule has 0 unspecified atom stereocenters. The molecule has 0 radical (unpaired) electrons. The Morgan fingerprint density at radius 2 is 1.95 bits per heavy atom. The van der Waals surface area contributed by atoms with Crippen LogP contribution in [0.15, 0.2) is 46.0 Å². The summed E-state index contributed by atoms with van der Waals surface area (Å²) in [4.78, 5) is 4.30. The number of hydrogen-bond acceptors (Lipinski definition) is 5. The summed E-state index contributed by atoms with van der Waals surface area (Å²) < 4.78 is 16.7. The molecule has 1 aromatic heterocycles. The zero-order chi connectivity index (χ0) is 13.6. The average Bonchev–Trinajstić information content (AvgIpc) is 2.98. The van der Waals surface area contributed by atoms with Gasteiger partial charge < -0.3 is 13.9 Å². The maximum absolute atomic E-state index is 5.73. The summed E-state index contributed by atoms with van der Waals surface area (Å²) in [6.45, 7) is 1.60. The Balaban J connectivity index is 1.50. The molecule has 4 nitrogen and oxygen atoms in total. The summed E-state index contributed by atoms with van der Waals surface area (Å²) in [6.07, 6.45) is 3.57. The van der Waals surface area contributed by atoms with Crippen molar-refractivity contribution in [3.05, 3.63) is 36.5 Å². The van der Waals surface area contributed by atoms with E-state index in [1.165, 1.54) is 0 Å². The molecule has 106 valence electrons. The molecule has 5 heteroatoms. The summed E-state index contributed by atoms with van der Waals surface area (Å²) in [5, 5.41) is 0.833. The van der Waals surface area contributed by atoms with Gasteiger partial charge in [0.1, 0.15) is 0 Å². The standard InChI is InChI=1S/C15H17NO3S/c1-2-5-12(6-3-1)15-16-11-14(19-15)20-10-7-13-17-8-4-9-18-13/h1-3,5-6,11,13H,4,7-10H2. The number of rotatable bonds is 5. The maximum atomic E-state index is 5.73. The van der Waals surface area contributed by atoms with Gasteiger partial charge in [0.05, 0.1) is 19.4 Å². The van der Waals surface area contributed by atoms with Crippen molar-refractivity contribution < 1.29 is 13.9 Å². The second kappa shape index (κ2) is 6.92. The van der Waals surface area contributed by atoms with E-state index in [1.54, 1.807) is 18.0 Å². The minimum absolute atomic E-state index is 0.0623. The summed E-state index contributed by atoms with van der Waals surface area (Å²) in [5.74, 6) is 1.56. The fourth-order valence-electron chi connectivity index (χ4n) is 2.00. The Labute approximate surface area is 122 Å². The van der Waals surface area contributed by atoms with Crippen molar-refractivity contribution in [3.63, 3.8) is 0 Å². The Hall–Kier alpha value is -1.30. The van der Waals surface area contributed by atoms with Gasteiger partial charge in [-0.1, -0.05) is 30.0 Å². The number of thioether (sulfide) groups is 1. The van der Waals surface area contributed by atoms with Gasteiger partial charge in [0, 0.05) is 17.7 Å². The van der Waals surface area contributed by atoms with Crippen molar-refractivity contribution in [2.24, 2.45) is 0 Å². The second-order valence-corrected chi connectivity index (χ2v) is 5.61. The van der Waals surface area contributed by atoms with Crippen LogP contribution in [0.5, 0.6) is 0 Å². The van der Waals surface area contributed by atoms with E-state index >= 15 is 0 Å². The number of nitrogens with zero attached hydrogens (tertiary/aromatic N) is 1. The molecule has 1 saturated heterocycles. The third-order valence-electron chi connectivity index (χ3n) is 3.00. The lowest BCUT2D eigenvalue weighted by atomic mass is 10.2. The van der Waals surface area contributed by atoms with Crippen LogP contribution in [0.25, 0.3) is 11.5 Å². The van der Waals surface area contributed by atoms with Crippen molar-refractivity contribution >= 4 is 11.8 Å². The van der Waals surface area contributed by atoms with Crippen LogP contribution in [-0.2, 0) is 9.47 Å². The highest BCUT2D eigenvalue weighted by Crippen LogP contribution is 2.26. The van der Waals surface area contributed by atoms with Gasteiger partial charge in [-0.15, -0.1) is 0 Å². The SMILES string of the molecule is c1ccc(-c2ncc(SCCC3OCCCO3)o2)cc1. The highest BCUT2D eigenvalue weighted by atomic mass is 32.2.